The van der Waals surface area contributed by atoms with E-state index >= 15 is 0 Å². The predicted octanol–water partition coefficient (Wildman–Crippen LogP) is 7.66. The minimum Gasteiger partial charge on any atom is -0.550 e. The van der Waals surface area contributed by atoms with Crippen molar-refractivity contribution >= 4 is 5.97 Å². The summed E-state index contributed by atoms with van der Waals surface area (Å²) < 4.78 is 1.24. The number of rotatable bonds is 22. The molecule has 0 aliphatic carbocycles. The first-order chi connectivity index (χ1) is 14.9. The number of hydrogen-bond donors (Lipinski definition) is 0. The molecule has 0 unspecified atom stereocenters. The van der Waals surface area contributed by atoms with Crippen molar-refractivity contribution < 1.29 is 14.4 Å². The topological polar surface area (TPSA) is 40.1 Å². The number of nitrogens with zero attached hydrogens (tertiary/aromatic N) is 1. The molecule has 0 aromatic heterocycles. The van der Waals surface area contributed by atoms with E-state index in [4.69, 9.17) is 0 Å². The van der Waals surface area contributed by atoms with E-state index in [9.17, 15) is 9.90 Å². The molecule has 0 amide bonds. The zero-order valence-corrected chi connectivity index (χ0v) is 22.3. The molecule has 0 aromatic rings. The molecule has 0 bridgehead atoms. The minimum atomic E-state index is -0.920. The van der Waals surface area contributed by atoms with Crippen LogP contribution in [0.15, 0.2) is 0 Å². The number of carbonyl (C=O) groups is 1. The van der Waals surface area contributed by atoms with Gasteiger partial charge in [-0.25, -0.2) is 0 Å². The monoisotopic (exact) mass is 441 g/mol. The van der Waals surface area contributed by atoms with Crippen LogP contribution in [0.2, 0.25) is 0 Å². The number of carboxylic acids is 1. The molecule has 0 fully saturated rings. The van der Waals surface area contributed by atoms with Gasteiger partial charge >= 0.3 is 0 Å². The largest absolute Gasteiger partial charge is 0.550 e. The molecule has 0 N–H and O–H groups in total. The second kappa shape index (κ2) is 25.7. The van der Waals surface area contributed by atoms with Gasteiger partial charge in [-0.15, -0.1) is 0 Å². The highest BCUT2D eigenvalue weighted by Gasteiger charge is 2.13. The first-order valence-electron chi connectivity index (χ1n) is 13.9. The molecule has 0 rings (SSSR count). The number of carbonyl (C=O) groups excluding carboxylic acids is 1. The fourth-order valence-corrected chi connectivity index (χ4v) is 3.98. The molecule has 0 aliphatic rings. The molecule has 0 saturated heterocycles. The van der Waals surface area contributed by atoms with E-state index in [0.29, 0.717) is 0 Å². The summed E-state index contributed by atoms with van der Waals surface area (Å²) in [6, 6.07) is 0. The van der Waals surface area contributed by atoms with Crippen LogP contribution in [0.5, 0.6) is 0 Å². The van der Waals surface area contributed by atoms with E-state index in [1.54, 1.807) is 0 Å². The van der Waals surface area contributed by atoms with Crippen molar-refractivity contribution in [1.82, 2.24) is 0 Å². The van der Waals surface area contributed by atoms with Crippen LogP contribution in [0.3, 0.4) is 0 Å². The first-order valence-corrected chi connectivity index (χ1v) is 13.9. The van der Waals surface area contributed by atoms with Crippen LogP contribution in [-0.2, 0) is 4.79 Å². The summed E-state index contributed by atoms with van der Waals surface area (Å²) in [5, 5.41) is 9.92. The fourth-order valence-electron chi connectivity index (χ4n) is 3.98. The third-order valence-corrected chi connectivity index (χ3v) is 6.22. The van der Waals surface area contributed by atoms with Crippen molar-refractivity contribution in [2.75, 3.05) is 27.2 Å². The number of hydrogen-bond acceptors (Lipinski definition) is 2. The van der Waals surface area contributed by atoms with E-state index < -0.39 is 5.97 Å². The Bertz CT molecular complexity index is 355. The van der Waals surface area contributed by atoms with Crippen LogP contribution in [-0.4, -0.2) is 37.6 Å². The fraction of sp³-hybridized carbons (Fsp3) is 0.964. The minimum absolute atomic E-state index is 0.226. The van der Waals surface area contributed by atoms with Gasteiger partial charge in [0.05, 0.1) is 27.2 Å². The van der Waals surface area contributed by atoms with Gasteiger partial charge in [-0.05, 0) is 38.5 Å². The van der Waals surface area contributed by atoms with Crippen LogP contribution in [0, 0.1) is 0 Å². The highest BCUT2D eigenvalue weighted by molar-refractivity contribution is 5.63. The van der Waals surface area contributed by atoms with Crippen LogP contribution < -0.4 is 5.11 Å². The molecule has 188 valence electrons. The average Bonchev–Trinajstić information content (AvgIpc) is 2.72. The maximum absolute atomic E-state index is 9.92. The van der Waals surface area contributed by atoms with Crippen LogP contribution in [0.25, 0.3) is 0 Å². The molecule has 0 saturated carbocycles. The third kappa shape index (κ3) is 31.7. The molecule has 0 aliphatic heterocycles. The molecule has 0 aromatic carbocycles. The maximum atomic E-state index is 9.92. The average molecular weight is 442 g/mol. The Labute approximate surface area is 197 Å². The zero-order chi connectivity index (χ0) is 23.6. The van der Waals surface area contributed by atoms with Gasteiger partial charge < -0.3 is 14.4 Å². The number of quaternary nitrogens is 1. The van der Waals surface area contributed by atoms with Crippen molar-refractivity contribution in [3.63, 3.8) is 0 Å². The van der Waals surface area contributed by atoms with E-state index in [2.05, 4.69) is 34.9 Å². The molecular weight excluding hydrogens is 382 g/mol. The van der Waals surface area contributed by atoms with Gasteiger partial charge in [0.2, 0.25) is 0 Å². The van der Waals surface area contributed by atoms with Gasteiger partial charge in [0.1, 0.15) is 0 Å². The lowest BCUT2D eigenvalue weighted by molar-refractivity contribution is -0.890. The van der Waals surface area contributed by atoms with Crippen LogP contribution in [0.1, 0.15) is 149 Å². The van der Waals surface area contributed by atoms with Crippen molar-refractivity contribution in [2.24, 2.45) is 0 Å². The summed E-state index contributed by atoms with van der Waals surface area (Å²) in [7, 11) is 4.85. The molecule has 31 heavy (non-hydrogen) atoms. The van der Waals surface area contributed by atoms with Gasteiger partial charge in [-0.2, -0.15) is 0 Å². The Morgan fingerprint density at radius 3 is 1.13 bits per heavy atom. The van der Waals surface area contributed by atoms with Gasteiger partial charge in [-0.1, -0.05) is 111 Å². The smallest absolute Gasteiger partial charge is 0.0782 e. The van der Waals surface area contributed by atoms with E-state index in [1.165, 1.54) is 120 Å². The first kappa shape index (κ1) is 32.6. The second-order valence-corrected chi connectivity index (χ2v) is 10.2. The summed E-state index contributed by atoms with van der Waals surface area (Å²) in [4.78, 5) is 9.92. The third-order valence-electron chi connectivity index (χ3n) is 6.22. The molecular formula is C28H59NO2. The Morgan fingerprint density at radius 2 is 0.806 bits per heavy atom. The highest BCUT2D eigenvalue weighted by atomic mass is 16.4. The lowest BCUT2D eigenvalue weighted by Gasteiger charge is -2.30. The van der Waals surface area contributed by atoms with E-state index in [1.807, 2.05) is 0 Å². The second-order valence-electron chi connectivity index (χ2n) is 10.2. The van der Waals surface area contributed by atoms with E-state index in [0.717, 1.165) is 19.3 Å². The number of carboxylic acid groups (broad SMARTS) is 1. The Kier molecular flexibility index (Phi) is 27.0. The quantitative estimate of drug-likeness (QED) is 0.128. The lowest BCUT2D eigenvalue weighted by atomic mass is 10.1. The maximum Gasteiger partial charge on any atom is 0.0782 e. The van der Waals surface area contributed by atoms with Crippen LogP contribution in [0.4, 0.5) is 0 Å². The summed E-state index contributed by atoms with van der Waals surface area (Å²) in [5.41, 5.74) is 0. The molecule has 3 heteroatoms. The zero-order valence-electron chi connectivity index (χ0n) is 22.3. The standard InChI is InChI=1S/C20H44N.C8H16O2/c1-5-7-9-11-13-14-16-18-20-21(3,4)19-17-15-12-10-8-6-2;1-2-3-4-5-6-7-8(9)10/h5-20H2,1-4H3;2-7H2,1H3,(H,9,10)/q+1;/p-1. The van der Waals surface area contributed by atoms with Gasteiger partial charge in [0.15, 0.2) is 0 Å². The van der Waals surface area contributed by atoms with Gasteiger partial charge in [0.25, 0.3) is 0 Å². The molecule has 0 heterocycles. The summed E-state index contributed by atoms with van der Waals surface area (Å²) in [5.74, 6) is -0.920. The van der Waals surface area contributed by atoms with Crippen molar-refractivity contribution in [1.29, 1.82) is 0 Å². The van der Waals surface area contributed by atoms with Gasteiger partial charge in [-0.3, -0.25) is 0 Å². The van der Waals surface area contributed by atoms with Crippen molar-refractivity contribution in [3.05, 3.63) is 0 Å². The summed E-state index contributed by atoms with van der Waals surface area (Å²) in [6.07, 6.45) is 25.7. The highest BCUT2D eigenvalue weighted by Crippen LogP contribution is 2.12. The predicted molar refractivity (Wildman–Crippen MR) is 136 cm³/mol. The Morgan fingerprint density at radius 1 is 0.516 bits per heavy atom. The van der Waals surface area contributed by atoms with Crippen molar-refractivity contribution in [2.45, 2.75) is 149 Å². The molecule has 0 spiro atoms. The van der Waals surface area contributed by atoms with Gasteiger partial charge in [0, 0.05) is 5.97 Å². The molecule has 0 radical (unpaired) electrons. The number of unbranched alkanes of at least 4 members (excludes halogenated alkanes) is 16. The Balaban J connectivity index is 0. The van der Waals surface area contributed by atoms with Crippen molar-refractivity contribution in [3.8, 4) is 0 Å². The summed E-state index contributed by atoms with van der Waals surface area (Å²) in [6.45, 7) is 9.49. The summed E-state index contributed by atoms with van der Waals surface area (Å²) >= 11 is 0. The Hall–Kier alpha value is -0.570. The molecule has 0 atom stereocenters. The van der Waals surface area contributed by atoms with E-state index in [-0.39, 0.29) is 6.42 Å². The lowest BCUT2D eigenvalue weighted by Crippen LogP contribution is -2.41. The van der Waals surface area contributed by atoms with Crippen LogP contribution >= 0.6 is 0 Å². The number of aliphatic carboxylic acids is 1. The molecule has 3 nitrogen and oxygen atoms in total. The SMILES string of the molecule is CCCCCCCC(=O)[O-].CCCCCCCCCC[N+](C)(C)CCCCCCCC. The normalized spacial score (nSPS) is 11.3.